The molecule has 4 nitrogen and oxygen atoms in total. The first-order chi connectivity index (χ1) is 8.52. The smallest absolute Gasteiger partial charge is 0.138 e. The van der Waals surface area contributed by atoms with Gasteiger partial charge in [0.15, 0.2) is 0 Å². The second-order valence-corrected chi connectivity index (χ2v) is 6.15. The first kappa shape index (κ1) is 13.5. The lowest BCUT2D eigenvalue weighted by Gasteiger charge is -2.38. The molecule has 0 radical (unpaired) electrons. The van der Waals surface area contributed by atoms with Gasteiger partial charge in [0.25, 0.3) is 0 Å². The van der Waals surface area contributed by atoms with Gasteiger partial charge in [-0.15, -0.1) is 0 Å². The minimum atomic E-state index is -0.588. The zero-order valence-corrected chi connectivity index (χ0v) is 11.8. The molecule has 1 heterocycles. The van der Waals surface area contributed by atoms with Gasteiger partial charge in [0.2, 0.25) is 0 Å². The average Bonchev–Trinajstić information content (AvgIpc) is 2.63. The molecule has 1 N–H and O–H groups in total. The van der Waals surface area contributed by atoms with Gasteiger partial charge >= 0.3 is 0 Å². The summed E-state index contributed by atoms with van der Waals surface area (Å²) in [7, 11) is 0. The average molecular weight is 251 g/mol. The fourth-order valence-electron chi connectivity index (χ4n) is 3.50. The molecule has 4 heteroatoms. The van der Waals surface area contributed by atoms with Gasteiger partial charge in [-0.3, -0.25) is 4.68 Å². The topological polar surface area (TPSA) is 50.9 Å². The molecule has 18 heavy (non-hydrogen) atoms. The maximum atomic E-state index is 10.8. The van der Waals surface area contributed by atoms with Gasteiger partial charge in [-0.05, 0) is 37.5 Å². The molecule has 1 aromatic heterocycles. The normalized spacial score (nSPS) is 32.7. The Labute approximate surface area is 109 Å². The summed E-state index contributed by atoms with van der Waals surface area (Å²) in [5, 5.41) is 15.0. The number of aliphatic hydroxyl groups is 1. The van der Waals surface area contributed by atoms with E-state index >= 15 is 0 Å². The van der Waals surface area contributed by atoms with Crippen molar-refractivity contribution in [1.82, 2.24) is 14.8 Å². The molecule has 0 aliphatic heterocycles. The van der Waals surface area contributed by atoms with Crippen molar-refractivity contribution >= 4 is 0 Å². The van der Waals surface area contributed by atoms with Gasteiger partial charge in [-0.2, -0.15) is 5.10 Å². The second-order valence-electron chi connectivity index (χ2n) is 6.15. The number of aryl methyl sites for hydroxylation is 1. The highest BCUT2D eigenvalue weighted by Crippen LogP contribution is 2.37. The standard InChI is InChI=1S/C14H25N3O/c1-4-5-17-13(15-10-16-17)9-14(18)7-11(2)6-12(3)8-14/h10-12,18H,4-9H2,1-3H3. The van der Waals surface area contributed by atoms with Crippen LogP contribution in [0.3, 0.4) is 0 Å². The van der Waals surface area contributed by atoms with E-state index in [9.17, 15) is 5.11 Å². The predicted molar refractivity (Wildman–Crippen MR) is 71.1 cm³/mol. The van der Waals surface area contributed by atoms with Gasteiger partial charge in [0.05, 0.1) is 5.60 Å². The summed E-state index contributed by atoms with van der Waals surface area (Å²) in [5.41, 5.74) is -0.588. The largest absolute Gasteiger partial charge is 0.389 e. The fraction of sp³-hybridized carbons (Fsp3) is 0.857. The van der Waals surface area contributed by atoms with E-state index < -0.39 is 5.60 Å². The van der Waals surface area contributed by atoms with Crippen LogP contribution in [-0.4, -0.2) is 25.5 Å². The molecule has 1 aliphatic rings. The number of hydrogen-bond acceptors (Lipinski definition) is 3. The zero-order valence-electron chi connectivity index (χ0n) is 11.8. The van der Waals surface area contributed by atoms with Crippen molar-refractivity contribution in [2.24, 2.45) is 11.8 Å². The highest BCUT2D eigenvalue weighted by molar-refractivity contribution is 4.98. The van der Waals surface area contributed by atoms with Crippen LogP contribution in [0.1, 0.15) is 52.3 Å². The van der Waals surface area contributed by atoms with Crippen LogP contribution in [0.25, 0.3) is 0 Å². The van der Waals surface area contributed by atoms with E-state index in [1.807, 2.05) is 4.68 Å². The Kier molecular flexibility index (Phi) is 4.05. The second kappa shape index (κ2) is 5.39. The molecule has 0 spiro atoms. The molecular formula is C14H25N3O. The maximum Gasteiger partial charge on any atom is 0.138 e. The van der Waals surface area contributed by atoms with Gasteiger partial charge in [0.1, 0.15) is 12.2 Å². The maximum absolute atomic E-state index is 10.8. The van der Waals surface area contributed by atoms with E-state index in [4.69, 9.17) is 0 Å². The molecule has 0 amide bonds. The van der Waals surface area contributed by atoms with E-state index in [0.29, 0.717) is 18.3 Å². The van der Waals surface area contributed by atoms with Crippen molar-refractivity contribution in [3.63, 3.8) is 0 Å². The molecule has 102 valence electrons. The Morgan fingerprint density at radius 1 is 1.39 bits per heavy atom. The van der Waals surface area contributed by atoms with Crippen molar-refractivity contribution in [3.8, 4) is 0 Å². The van der Waals surface area contributed by atoms with Gasteiger partial charge in [0, 0.05) is 13.0 Å². The third-order valence-electron chi connectivity index (χ3n) is 3.88. The SMILES string of the molecule is CCCn1ncnc1CC1(O)CC(C)CC(C)C1. The minimum absolute atomic E-state index is 0.588. The highest BCUT2D eigenvalue weighted by atomic mass is 16.3. The summed E-state index contributed by atoms with van der Waals surface area (Å²) in [4.78, 5) is 4.32. The number of rotatable bonds is 4. The molecule has 1 aromatic rings. The molecule has 0 saturated heterocycles. The van der Waals surface area contributed by atoms with E-state index in [2.05, 4.69) is 30.9 Å². The number of hydrogen-bond donors (Lipinski definition) is 1. The summed E-state index contributed by atoms with van der Waals surface area (Å²) in [6, 6.07) is 0. The lowest BCUT2D eigenvalue weighted by molar-refractivity contribution is -0.0326. The highest BCUT2D eigenvalue weighted by Gasteiger charge is 2.37. The van der Waals surface area contributed by atoms with Crippen LogP contribution in [0.4, 0.5) is 0 Å². The summed E-state index contributed by atoms with van der Waals surface area (Å²) in [6.07, 6.45) is 6.28. The Balaban J connectivity index is 2.09. The van der Waals surface area contributed by atoms with Crippen molar-refractivity contribution in [3.05, 3.63) is 12.2 Å². The molecule has 0 bridgehead atoms. The van der Waals surface area contributed by atoms with Crippen molar-refractivity contribution in [1.29, 1.82) is 0 Å². The summed E-state index contributed by atoms with van der Waals surface area (Å²) in [5.74, 6) is 2.13. The van der Waals surface area contributed by atoms with Gasteiger partial charge in [-0.1, -0.05) is 20.8 Å². The van der Waals surface area contributed by atoms with E-state index in [1.165, 1.54) is 6.42 Å². The molecule has 1 fully saturated rings. The zero-order chi connectivity index (χ0) is 13.2. The van der Waals surface area contributed by atoms with Crippen LogP contribution in [0, 0.1) is 11.8 Å². The number of aromatic nitrogens is 3. The monoisotopic (exact) mass is 251 g/mol. The lowest BCUT2D eigenvalue weighted by Crippen LogP contribution is -2.40. The molecule has 0 aromatic carbocycles. The molecule has 2 atom stereocenters. The molecule has 1 saturated carbocycles. The molecule has 2 rings (SSSR count). The molecule has 2 unspecified atom stereocenters. The molecular weight excluding hydrogens is 226 g/mol. The van der Waals surface area contributed by atoms with Gasteiger partial charge < -0.3 is 5.11 Å². The Morgan fingerprint density at radius 3 is 2.67 bits per heavy atom. The van der Waals surface area contributed by atoms with E-state index in [-0.39, 0.29) is 0 Å². The predicted octanol–water partition coefficient (Wildman–Crippen LogP) is 2.42. The Bertz CT molecular complexity index is 378. The minimum Gasteiger partial charge on any atom is -0.389 e. The lowest BCUT2D eigenvalue weighted by atomic mass is 9.72. The quantitative estimate of drug-likeness (QED) is 0.894. The van der Waals surface area contributed by atoms with E-state index in [0.717, 1.165) is 31.6 Å². The van der Waals surface area contributed by atoms with E-state index in [1.54, 1.807) is 6.33 Å². The van der Waals surface area contributed by atoms with Crippen LogP contribution in [0.15, 0.2) is 6.33 Å². The first-order valence-electron chi connectivity index (χ1n) is 7.11. The summed E-state index contributed by atoms with van der Waals surface area (Å²) in [6.45, 7) is 7.48. The first-order valence-corrected chi connectivity index (χ1v) is 7.11. The fourth-order valence-corrected chi connectivity index (χ4v) is 3.50. The summed E-state index contributed by atoms with van der Waals surface area (Å²) >= 11 is 0. The third kappa shape index (κ3) is 3.10. The van der Waals surface area contributed by atoms with Crippen LogP contribution >= 0.6 is 0 Å². The third-order valence-corrected chi connectivity index (χ3v) is 3.88. The summed E-state index contributed by atoms with van der Waals surface area (Å²) < 4.78 is 1.93. The van der Waals surface area contributed by atoms with Crippen LogP contribution in [0.5, 0.6) is 0 Å². The Morgan fingerprint density at radius 2 is 2.06 bits per heavy atom. The van der Waals surface area contributed by atoms with Crippen molar-refractivity contribution in [2.75, 3.05) is 0 Å². The van der Waals surface area contributed by atoms with Crippen LogP contribution in [-0.2, 0) is 13.0 Å². The molecule has 1 aliphatic carbocycles. The van der Waals surface area contributed by atoms with Gasteiger partial charge in [-0.25, -0.2) is 4.98 Å². The Hall–Kier alpha value is -0.900. The van der Waals surface area contributed by atoms with Crippen molar-refractivity contribution < 1.29 is 5.11 Å². The number of nitrogens with zero attached hydrogens (tertiary/aromatic N) is 3. The van der Waals surface area contributed by atoms with Crippen LogP contribution < -0.4 is 0 Å². The van der Waals surface area contributed by atoms with Crippen molar-refractivity contribution in [2.45, 2.75) is 65.0 Å². The van der Waals surface area contributed by atoms with Crippen LogP contribution in [0.2, 0.25) is 0 Å².